The maximum Gasteiger partial charge on any atom is 0.410 e. The van der Waals surface area contributed by atoms with E-state index in [9.17, 15) is 13.2 Å². The van der Waals surface area contributed by atoms with Gasteiger partial charge in [-0.2, -0.15) is 0 Å². The summed E-state index contributed by atoms with van der Waals surface area (Å²) < 4.78 is 55.3. The zero-order chi connectivity index (χ0) is 24.9. The monoisotopic (exact) mass is 512 g/mol. The molecule has 7 nitrogen and oxygen atoms in total. The van der Waals surface area contributed by atoms with Crippen LogP contribution in [0, 0.1) is 0 Å². The van der Waals surface area contributed by atoms with Gasteiger partial charge in [0.1, 0.15) is 24.1 Å². The van der Waals surface area contributed by atoms with Crippen LogP contribution < -0.4 is 9.04 Å². The molecule has 1 aliphatic heterocycles. The van der Waals surface area contributed by atoms with E-state index >= 15 is 4.39 Å². The van der Waals surface area contributed by atoms with Crippen molar-refractivity contribution in [2.75, 3.05) is 29.9 Å². The molecule has 1 aliphatic rings. The van der Waals surface area contributed by atoms with Gasteiger partial charge in [0.2, 0.25) is 0 Å². The van der Waals surface area contributed by atoms with Crippen LogP contribution >= 0.6 is 11.6 Å². The molecule has 2 atom stereocenters. The quantitative estimate of drug-likeness (QED) is 0.496. The van der Waals surface area contributed by atoms with Gasteiger partial charge in [-0.05, 0) is 51.5 Å². The van der Waals surface area contributed by atoms with Crippen molar-refractivity contribution >= 4 is 33.4 Å². The van der Waals surface area contributed by atoms with E-state index in [0.29, 0.717) is 0 Å². The number of para-hydroxylation sites is 2. The number of carbonyl (C=O) groups excluding carboxylic acids is 1. The van der Waals surface area contributed by atoms with Crippen LogP contribution in [-0.4, -0.2) is 62.8 Å². The average molecular weight is 513 g/mol. The minimum absolute atomic E-state index is 0.0314. The smallest absolute Gasteiger partial charge is 0.410 e. The predicted molar refractivity (Wildman–Crippen MR) is 130 cm³/mol. The van der Waals surface area contributed by atoms with Crippen molar-refractivity contribution in [1.29, 1.82) is 0 Å². The van der Waals surface area contributed by atoms with Crippen molar-refractivity contribution in [3.63, 3.8) is 0 Å². The number of ether oxygens (including phenoxy) is 2. The summed E-state index contributed by atoms with van der Waals surface area (Å²) in [5, 5.41) is 0. The van der Waals surface area contributed by atoms with E-state index in [1.165, 1.54) is 17.0 Å². The SMILES string of the molecule is CC(C)(C)OC(=O)N1CCC(N(c2ccccc2OCCCl)S(=O)(=O)c2ccccc2)C(F)C1. The molecule has 0 saturated carbocycles. The summed E-state index contributed by atoms with van der Waals surface area (Å²) in [6, 6.07) is 13.4. The third-order valence-electron chi connectivity index (χ3n) is 5.20. The highest BCUT2D eigenvalue weighted by Crippen LogP contribution is 2.37. The van der Waals surface area contributed by atoms with Gasteiger partial charge in [0.15, 0.2) is 0 Å². The normalized spacial score (nSPS) is 18.9. The molecule has 0 spiro atoms. The molecule has 2 unspecified atom stereocenters. The van der Waals surface area contributed by atoms with Gasteiger partial charge in [0.25, 0.3) is 10.0 Å². The molecular formula is C24H30ClFN2O5S. The second kappa shape index (κ2) is 10.8. The molecule has 186 valence electrons. The summed E-state index contributed by atoms with van der Waals surface area (Å²) in [7, 11) is -4.16. The van der Waals surface area contributed by atoms with Gasteiger partial charge >= 0.3 is 6.09 Å². The fourth-order valence-electron chi connectivity index (χ4n) is 3.75. The van der Waals surface area contributed by atoms with Crippen molar-refractivity contribution in [3.8, 4) is 5.75 Å². The zero-order valence-corrected chi connectivity index (χ0v) is 21.1. The summed E-state index contributed by atoms with van der Waals surface area (Å²) in [5.41, 5.74) is -0.504. The number of anilines is 1. The van der Waals surface area contributed by atoms with E-state index in [4.69, 9.17) is 21.1 Å². The minimum Gasteiger partial charge on any atom is -0.490 e. The number of sulfonamides is 1. The van der Waals surface area contributed by atoms with Gasteiger partial charge in [-0.1, -0.05) is 30.3 Å². The summed E-state index contributed by atoms with van der Waals surface area (Å²) in [5.74, 6) is 0.490. The molecule has 2 aromatic rings. The topological polar surface area (TPSA) is 76.2 Å². The van der Waals surface area contributed by atoms with E-state index < -0.39 is 33.9 Å². The summed E-state index contributed by atoms with van der Waals surface area (Å²) in [6.07, 6.45) is -2.20. The second-order valence-electron chi connectivity index (χ2n) is 8.92. The first kappa shape index (κ1) is 26.1. The Kier molecular flexibility index (Phi) is 8.30. The van der Waals surface area contributed by atoms with Crippen LogP contribution in [0.2, 0.25) is 0 Å². The van der Waals surface area contributed by atoms with Crippen LogP contribution in [0.15, 0.2) is 59.5 Å². The average Bonchev–Trinajstić information content (AvgIpc) is 2.79. The zero-order valence-electron chi connectivity index (χ0n) is 19.5. The highest BCUT2D eigenvalue weighted by molar-refractivity contribution is 7.92. The summed E-state index contributed by atoms with van der Waals surface area (Å²) >= 11 is 5.77. The number of likely N-dealkylation sites (tertiary alicyclic amines) is 1. The Balaban J connectivity index is 1.99. The lowest BCUT2D eigenvalue weighted by Crippen LogP contribution is -2.56. The first-order valence-electron chi connectivity index (χ1n) is 11.0. The van der Waals surface area contributed by atoms with Crippen molar-refractivity contribution < 1.29 is 27.1 Å². The Bertz CT molecular complexity index is 1080. The van der Waals surface area contributed by atoms with Crippen LogP contribution in [0.3, 0.4) is 0 Å². The highest BCUT2D eigenvalue weighted by atomic mass is 35.5. The maximum absolute atomic E-state index is 15.6. The van der Waals surface area contributed by atoms with Crippen molar-refractivity contribution in [1.82, 2.24) is 4.90 Å². The summed E-state index contributed by atoms with van der Waals surface area (Å²) in [4.78, 5) is 13.8. The van der Waals surface area contributed by atoms with Crippen molar-refractivity contribution in [3.05, 3.63) is 54.6 Å². The highest BCUT2D eigenvalue weighted by Gasteiger charge is 2.42. The molecule has 2 aromatic carbocycles. The number of hydrogen-bond donors (Lipinski definition) is 0. The molecule has 10 heteroatoms. The lowest BCUT2D eigenvalue weighted by molar-refractivity contribution is 0.0118. The van der Waals surface area contributed by atoms with Gasteiger partial charge < -0.3 is 14.4 Å². The van der Waals surface area contributed by atoms with Gasteiger partial charge in [0.05, 0.1) is 29.0 Å². The van der Waals surface area contributed by atoms with Crippen LogP contribution in [0.25, 0.3) is 0 Å². The van der Waals surface area contributed by atoms with E-state index in [2.05, 4.69) is 0 Å². The number of amides is 1. The molecule has 1 amide bonds. The largest absolute Gasteiger partial charge is 0.490 e. The number of halogens is 2. The number of rotatable bonds is 7. The van der Waals surface area contributed by atoms with E-state index in [1.807, 2.05) is 0 Å². The van der Waals surface area contributed by atoms with E-state index in [0.717, 1.165) is 4.31 Å². The molecular weight excluding hydrogens is 483 g/mol. The third-order valence-corrected chi connectivity index (χ3v) is 7.20. The molecule has 1 saturated heterocycles. The van der Waals surface area contributed by atoms with Gasteiger partial charge in [0, 0.05) is 6.54 Å². The molecule has 3 rings (SSSR count). The number of nitrogens with zero attached hydrogens (tertiary/aromatic N) is 2. The molecule has 0 N–H and O–H groups in total. The van der Waals surface area contributed by atoms with E-state index in [-0.39, 0.29) is 48.3 Å². The predicted octanol–water partition coefficient (Wildman–Crippen LogP) is 4.85. The number of carbonyl (C=O) groups is 1. The molecule has 1 heterocycles. The molecule has 34 heavy (non-hydrogen) atoms. The molecule has 0 bridgehead atoms. The first-order chi connectivity index (χ1) is 16.0. The molecule has 0 aliphatic carbocycles. The van der Waals surface area contributed by atoms with E-state index in [1.54, 1.807) is 63.2 Å². The van der Waals surface area contributed by atoms with Gasteiger partial charge in [-0.3, -0.25) is 4.31 Å². The van der Waals surface area contributed by atoms with Crippen LogP contribution in [0.4, 0.5) is 14.9 Å². The van der Waals surface area contributed by atoms with Crippen LogP contribution in [0.1, 0.15) is 27.2 Å². The Morgan fingerprint density at radius 3 is 2.41 bits per heavy atom. The van der Waals surface area contributed by atoms with Gasteiger partial charge in [-0.25, -0.2) is 17.6 Å². The molecule has 1 fully saturated rings. The fraction of sp³-hybridized carbons (Fsp3) is 0.458. The van der Waals surface area contributed by atoms with Gasteiger partial charge in [-0.15, -0.1) is 11.6 Å². The lowest BCUT2D eigenvalue weighted by atomic mass is 10.0. The fourth-order valence-corrected chi connectivity index (χ4v) is 5.56. The standard InChI is InChI=1S/C24H30ClFN2O5S/c1-24(2,3)33-23(29)27-15-13-20(19(26)17-27)28(34(30,31)18-9-5-4-6-10-18)21-11-7-8-12-22(21)32-16-14-25/h4-12,19-20H,13-17H2,1-3H3. The number of piperidine rings is 1. The number of benzene rings is 2. The lowest BCUT2D eigenvalue weighted by Gasteiger charge is -2.41. The molecule has 0 radical (unpaired) electrons. The second-order valence-corrected chi connectivity index (χ2v) is 11.1. The van der Waals surface area contributed by atoms with Crippen molar-refractivity contribution in [2.45, 2.75) is 49.9 Å². The third kappa shape index (κ3) is 6.13. The van der Waals surface area contributed by atoms with Crippen LogP contribution in [0.5, 0.6) is 5.75 Å². The minimum atomic E-state index is -4.16. The number of alkyl halides is 2. The van der Waals surface area contributed by atoms with Crippen molar-refractivity contribution in [2.24, 2.45) is 0 Å². The Morgan fingerprint density at radius 2 is 1.79 bits per heavy atom. The van der Waals surface area contributed by atoms with Crippen LogP contribution in [-0.2, 0) is 14.8 Å². The number of hydrogen-bond acceptors (Lipinski definition) is 5. The first-order valence-corrected chi connectivity index (χ1v) is 13.0. The summed E-state index contributed by atoms with van der Waals surface area (Å²) in [6.45, 7) is 5.22. The Labute approximate surface area is 205 Å². The Hall–Kier alpha value is -2.52. The Morgan fingerprint density at radius 1 is 1.15 bits per heavy atom. The molecule has 0 aromatic heterocycles. The maximum atomic E-state index is 15.6.